The van der Waals surface area contributed by atoms with E-state index in [1.54, 1.807) is 7.11 Å². The molecule has 1 saturated heterocycles. The van der Waals surface area contributed by atoms with Gasteiger partial charge in [0.25, 0.3) is 0 Å². The lowest BCUT2D eigenvalue weighted by molar-refractivity contribution is -0.146. The minimum atomic E-state index is -1.49. The van der Waals surface area contributed by atoms with Crippen molar-refractivity contribution in [2.24, 2.45) is 11.3 Å². The van der Waals surface area contributed by atoms with Crippen molar-refractivity contribution in [2.75, 3.05) is 13.7 Å². The zero-order valence-corrected chi connectivity index (χ0v) is 30.3. The molecule has 2 saturated carbocycles. The number of nitrogens with one attached hydrogen (secondary N) is 3. The van der Waals surface area contributed by atoms with Crippen LogP contribution in [0.1, 0.15) is 65.7 Å². The number of fused-ring (bicyclic) bond motifs is 1. The smallest absolute Gasteiger partial charge is 0.330 e. The van der Waals surface area contributed by atoms with Gasteiger partial charge in [-0.1, -0.05) is 76.4 Å². The molecular weight excluding hydrogens is 662 g/mol. The number of ether oxygens (including phenoxy) is 2. The van der Waals surface area contributed by atoms with Gasteiger partial charge in [-0.2, -0.15) is 0 Å². The molecule has 2 aromatic carbocycles. The van der Waals surface area contributed by atoms with Gasteiger partial charge >= 0.3 is 12.0 Å². The lowest BCUT2D eigenvalue weighted by Gasteiger charge is -2.36. The first-order valence-corrected chi connectivity index (χ1v) is 18.1. The number of urea groups is 1. The van der Waals surface area contributed by atoms with Crippen LogP contribution < -0.4 is 25.4 Å². The largest absolute Gasteiger partial charge is 0.497 e. The summed E-state index contributed by atoms with van der Waals surface area (Å²) in [6, 6.07) is 14.6. The van der Waals surface area contributed by atoms with E-state index in [1.807, 2.05) is 75.4 Å². The molecule has 1 aromatic heterocycles. The molecule has 6 rings (SSSR count). The molecule has 12 nitrogen and oxygen atoms in total. The van der Waals surface area contributed by atoms with E-state index in [4.69, 9.17) is 14.5 Å². The summed E-state index contributed by atoms with van der Waals surface area (Å²) in [7, 11) is 1.58. The zero-order valence-electron chi connectivity index (χ0n) is 30.3. The first-order chi connectivity index (χ1) is 24.8. The second-order valence-electron chi connectivity index (χ2n) is 15.3. The molecule has 4 amide bonds. The highest BCUT2D eigenvalue weighted by atomic mass is 16.5. The molecule has 0 unspecified atom stereocenters. The standard InChI is InChI=1S/C40H49N5O7/c1-6-25-22-40(25,37(48)49)44-35(46)32-20-28(23-45(32)36(47)34(39(2,3)4)43-38(50)41-26-15-11-8-12-16-26)52-33-21-30(24-13-9-7-10-14-24)42-31-19-27(51-5)17-18-29(31)33/h6-7,9-10,13-14,17-19,21,25-26,28,32,34H,1,8,11-12,15-16,20,22-23H2,2-5H3,(H,44,46)(H,48,49)(H2,41,43,50)/t25-,28-,32+,34-,40-/m1/s1. The van der Waals surface area contributed by atoms with Crippen LogP contribution in [0.25, 0.3) is 22.2 Å². The number of likely N-dealkylation sites (tertiary alicyclic amines) is 1. The van der Waals surface area contributed by atoms with Crippen LogP contribution in [-0.4, -0.2) is 82.2 Å². The number of amides is 4. The molecule has 2 aliphatic carbocycles. The van der Waals surface area contributed by atoms with Crippen molar-refractivity contribution in [3.63, 3.8) is 0 Å². The van der Waals surface area contributed by atoms with Crippen molar-refractivity contribution in [3.8, 4) is 22.8 Å². The van der Waals surface area contributed by atoms with Crippen LogP contribution in [0.5, 0.6) is 11.5 Å². The number of rotatable bonds is 11. The number of aliphatic carboxylic acids is 1. The van der Waals surface area contributed by atoms with Crippen LogP contribution in [0.2, 0.25) is 0 Å². The van der Waals surface area contributed by atoms with Gasteiger partial charge in [0.05, 0.1) is 24.9 Å². The van der Waals surface area contributed by atoms with Crippen LogP contribution in [0.4, 0.5) is 4.79 Å². The van der Waals surface area contributed by atoms with Gasteiger partial charge in [-0.15, -0.1) is 6.58 Å². The minimum absolute atomic E-state index is 0.0288. The van der Waals surface area contributed by atoms with E-state index in [1.165, 1.54) is 11.0 Å². The lowest BCUT2D eigenvalue weighted by atomic mass is 9.85. The Morgan fingerprint density at radius 2 is 1.79 bits per heavy atom. The quantitative estimate of drug-likeness (QED) is 0.191. The fourth-order valence-electron chi connectivity index (χ4n) is 7.45. The first kappa shape index (κ1) is 36.7. The molecule has 0 radical (unpaired) electrons. The van der Waals surface area contributed by atoms with E-state index in [0.717, 1.165) is 43.1 Å². The summed E-state index contributed by atoms with van der Waals surface area (Å²) < 4.78 is 12.1. The van der Waals surface area contributed by atoms with Crippen LogP contribution in [0.3, 0.4) is 0 Å². The number of carboxylic acid groups (broad SMARTS) is 1. The fraction of sp³-hybridized carbons (Fsp3) is 0.475. The molecule has 0 bridgehead atoms. The molecule has 4 N–H and O–H groups in total. The topological polar surface area (TPSA) is 159 Å². The molecule has 52 heavy (non-hydrogen) atoms. The summed E-state index contributed by atoms with van der Waals surface area (Å²) >= 11 is 0. The number of pyridine rings is 1. The van der Waals surface area contributed by atoms with Crippen molar-refractivity contribution in [2.45, 2.75) is 95.5 Å². The van der Waals surface area contributed by atoms with Crippen molar-refractivity contribution < 1.29 is 33.8 Å². The van der Waals surface area contributed by atoms with E-state index in [0.29, 0.717) is 22.7 Å². The Morgan fingerprint density at radius 3 is 2.42 bits per heavy atom. The molecule has 276 valence electrons. The summed E-state index contributed by atoms with van der Waals surface area (Å²) in [6.07, 6.45) is 6.16. The van der Waals surface area contributed by atoms with E-state index in [2.05, 4.69) is 22.5 Å². The van der Waals surface area contributed by atoms with Gasteiger partial charge in [0, 0.05) is 41.5 Å². The van der Waals surface area contributed by atoms with Gasteiger partial charge in [-0.3, -0.25) is 9.59 Å². The Labute approximate surface area is 304 Å². The SMILES string of the molecule is C=C[C@@H]1C[C@]1(NC(=O)[C@@H]1C[C@@H](Oc2cc(-c3ccccc3)nc3cc(OC)ccc23)CN1C(=O)[C@@H](NC(=O)NC1CCCCC1)C(C)(C)C)C(=O)O. The third kappa shape index (κ3) is 7.70. The normalized spacial score (nSPS) is 23.7. The Balaban J connectivity index is 1.31. The number of benzene rings is 2. The predicted molar refractivity (Wildman–Crippen MR) is 197 cm³/mol. The summed E-state index contributed by atoms with van der Waals surface area (Å²) in [5.41, 5.74) is -0.0181. The van der Waals surface area contributed by atoms with Crippen molar-refractivity contribution in [1.29, 1.82) is 0 Å². The van der Waals surface area contributed by atoms with Crippen molar-refractivity contribution in [3.05, 3.63) is 67.3 Å². The number of aromatic nitrogens is 1. The summed E-state index contributed by atoms with van der Waals surface area (Å²) in [4.78, 5) is 60.6. The van der Waals surface area contributed by atoms with Gasteiger partial charge in [0.2, 0.25) is 11.8 Å². The second kappa shape index (κ2) is 14.8. The number of carbonyl (C=O) groups is 4. The second-order valence-corrected chi connectivity index (χ2v) is 15.3. The monoisotopic (exact) mass is 711 g/mol. The molecule has 2 heterocycles. The molecule has 3 fully saturated rings. The van der Waals surface area contributed by atoms with Gasteiger partial charge in [0.15, 0.2) is 0 Å². The molecule has 3 aromatic rings. The number of nitrogens with zero attached hydrogens (tertiary/aromatic N) is 2. The Bertz CT molecular complexity index is 1840. The molecule has 1 aliphatic heterocycles. The average Bonchev–Trinajstić information content (AvgIpc) is 3.69. The summed E-state index contributed by atoms with van der Waals surface area (Å²) in [5, 5.41) is 19.5. The van der Waals surface area contributed by atoms with Crippen LogP contribution in [0.15, 0.2) is 67.3 Å². The highest BCUT2D eigenvalue weighted by Gasteiger charge is 2.61. The Kier molecular flexibility index (Phi) is 10.5. The number of carbonyl (C=O) groups excluding carboxylic acids is 3. The van der Waals surface area contributed by atoms with E-state index >= 15 is 0 Å². The van der Waals surface area contributed by atoms with Gasteiger partial charge in [-0.05, 0) is 36.8 Å². The van der Waals surface area contributed by atoms with Gasteiger partial charge < -0.3 is 35.4 Å². The van der Waals surface area contributed by atoms with Crippen molar-refractivity contribution >= 4 is 34.7 Å². The van der Waals surface area contributed by atoms with Crippen LogP contribution in [-0.2, 0) is 14.4 Å². The van der Waals surface area contributed by atoms with Crippen molar-refractivity contribution in [1.82, 2.24) is 25.8 Å². The molecular formula is C40H49N5O7. The number of methoxy groups -OCH3 is 1. The third-order valence-electron chi connectivity index (χ3n) is 10.5. The summed E-state index contributed by atoms with van der Waals surface area (Å²) in [5.74, 6) is -1.50. The van der Waals surface area contributed by atoms with Crippen LogP contribution >= 0.6 is 0 Å². The first-order valence-electron chi connectivity index (χ1n) is 18.1. The highest BCUT2D eigenvalue weighted by Crippen LogP contribution is 2.45. The third-order valence-corrected chi connectivity index (χ3v) is 10.5. The van der Waals surface area contributed by atoms with Gasteiger partial charge in [0.1, 0.15) is 35.2 Å². The van der Waals surface area contributed by atoms with E-state index in [9.17, 15) is 24.3 Å². The minimum Gasteiger partial charge on any atom is -0.497 e. The number of hydrogen-bond donors (Lipinski definition) is 4. The zero-order chi connectivity index (χ0) is 37.2. The molecule has 5 atom stereocenters. The lowest BCUT2D eigenvalue weighted by Crippen LogP contribution is -2.60. The predicted octanol–water partition coefficient (Wildman–Crippen LogP) is 5.45. The Morgan fingerprint density at radius 1 is 1.06 bits per heavy atom. The average molecular weight is 712 g/mol. The molecule has 0 spiro atoms. The highest BCUT2D eigenvalue weighted by molar-refractivity contribution is 5.96. The Hall–Kier alpha value is -5.13. The maximum atomic E-state index is 14.6. The van der Waals surface area contributed by atoms with Gasteiger partial charge in [-0.25, -0.2) is 14.6 Å². The van der Waals surface area contributed by atoms with E-state index < -0.39 is 58.9 Å². The maximum absolute atomic E-state index is 14.6. The number of hydrogen-bond acceptors (Lipinski definition) is 7. The molecule has 3 aliphatic rings. The fourth-order valence-corrected chi connectivity index (χ4v) is 7.45. The van der Waals surface area contributed by atoms with E-state index in [-0.39, 0.29) is 25.4 Å². The maximum Gasteiger partial charge on any atom is 0.330 e. The number of carboxylic acids is 1. The van der Waals surface area contributed by atoms with Crippen LogP contribution in [0, 0.1) is 11.3 Å². The molecule has 12 heteroatoms. The summed E-state index contributed by atoms with van der Waals surface area (Å²) in [6.45, 7) is 9.33.